The van der Waals surface area contributed by atoms with Gasteiger partial charge in [0.05, 0.1) is 17.4 Å². The maximum Gasteiger partial charge on any atom is 0.410 e. The van der Waals surface area contributed by atoms with Crippen LogP contribution in [-0.4, -0.2) is 98.0 Å². The molecule has 0 spiro atoms. The molecule has 1 unspecified atom stereocenters. The molecule has 2 fully saturated rings. The lowest BCUT2D eigenvalue weighted by Crippen LogP contribution is -2.55. The number of nitrogens with zero attached hydrogens (tertiary/aromatic N) is 7. The molecule has 0 bridgehead atoms. The van der Waals surface area contributed by atoms with E-state index in [0.29, 0.717) is 25.7 Å². The zero-order valence-electron chi connectivity index (χ0n) is 27.2. The van der Waals surface area contributed by atoms with Crippen molar-refractivity contribution in [1.29, 1.82) is 0 Å². The van der Waals surface area contributed by atoms with Gasteiger partial charge in [-0.15, -0.1) is 0 Å². The number of benzene rings is 2. The summed E-state index contributed by atoms with van der Waals surface area (Å²) in [5.41, 5.74) is 3.74. The third-order valence-corrected chi connectivity index (χ3v) is 8.77. The van der Waals surface area contributed by atoms with Crippen LogP contribution in [0.15, 0.2) is 67.3 Å². The smallest absolute Gasteiger partial charge is 0.410 e. The average Bonchev–Trinajstić information content (AvgIpc) is 3.59. The van der Waals surface area contributed by atoms with E-state index in [-0.39, 0.29) is 6.09 Å². The van der Waals surface area contributed by atoms with E-state index in [1.54, 1.807) is 12.5 Å². The van der Waals surface area contributed by atoms with E-state index >= 15 is 0 Å². The first-order valence-electron chi connectivity index (χ1n) is 16.4. The van der Waals surface area contributed by atoms with Crippen molar-refractivity contribution in [3.8, 4) is 11.3 Å². The van der Waals surface area contributed by atoms with Crippen LogP contribution in [0.25, 0.3) is 22.3 Å². The van der Waals surface area contributed by atoms with Gasteiger partial charge in [0.1, 0.15) is 17.5 Å². The summed E-state index contributed by atoms with van der Waals surface area (Å²) < 4.78 is 7.61. The summed E-state index contributed by atoms with van der Waals surface area (Å²) in [5, 5.41) is 14.1. The zero-order valence-corrected chi connectivity index (χ0v) is 27.2. The molecule has 46 heavy (non-hydrogen) atoms. The monoisotopic (exact) mass is 626 g/mol. The number of piperidine rings is 1. The summed E-state index contributed by atoms with van der Waals surface area (Å²) in [4.78, 5) is 33.6. The number of aryl methyl sites for hydroxylation is 1. The van der Waals surface area contributed by atoms with Crippen molar-refractivity contribution < 1.29 is 14.6 Å². The Labute approximate surface area is 271 Å². The Balaban J connectivity index is 1.12. The van der Waals surface area contributed by atoms with Gasteiger partial charge in [0.25, 0.3) is 0 Å². The molecule has 2 aromatic heterocycles. The summed E-state index contributed by atoms with van der Waals surface area (Å²) >= 11 is 0. The minimum absolute atomic E-state index is 0.218. The largest absolute Gasteiger partial charge is 0.444 e. The summed E-state index contributed by atoms with van der Waals surface area (Å²) in [5.74, 6) is 0.901. The maximum atomic E-state index is 12.5. The van der Waals surface area contributed by atoms with Crippen LogP contribution in [0.3, 0.4) is 0 Å². The van der Waals surface area contributed by atoms with Crippen molar-refractivity contribution in [3.05, 3.63) is 72.8 Å². The molecular weight excluding hydrogens is 580 g/mol. The molecule has 2 saturated heterocycles. The van der Waals surface area contributed by atoms with E-state index in [1.165, 1.54) is 0 Å². The number of hydrogen-bond donors (Lipinski definition) is 2. The molecule has 2 aliphatic rings. The second kappa shape index (κ2) is 14.1. The molecule has 4 heterocycles. The quantitative estimate of drug-likeness (QED) is 0.202. The molecule has 0 aliphatic carbocycles. The number of amides is 1. The number of ether oxygens (including phenoxy) is 1. The van der Waals surface area contributed by atoms with Gasteiger partial charge in [-0.3, -0.25) is 10.2 Å². The van der Waals surface area contributed by atoms with Gasteiger partial charge in [0.15, 0.2) is 5.82 Å². The number of hydrogen-bond acceptors (Lipinski definition) is 9. The van der Waals surface area contributed by atoms with Crippen molar-refractivity contribution in [2.24, 2.45) is 0 Å². The average molecular weight is 627 g/mol. The van der Waals surface area contributed by atoms with Gasteiger partial charge in [-0.1, -0.05) is 36.4 Å². The Kier molecular flexibility index (Phi) is 9.81. The Bertz CT molecular complexity index is 1570. The van der Waals surface area contributed by atoms with E-state index < -0.39 is 11.8 Å². The molecule has 2 aliphatic heterocycles. The Hall–Kier alpha value is -4.06. The second-order valence-electron chi connectivity index (χ2n) is 13.2. The molecule has 0 saturated carbocycles. The number of nitrogens with one attached hydrogen (secondary N) is 1. The van der Waals surface area contributed by atoms with Gasteiger partial charge in [-0.2, -0.15) is 0 Å². The Morgan fingerprint density at radius 2 is 1.76 bits per heavy atom. The number of fused-ring (bicyclic) bond motifs is 1. The molecule has 1 atom stereocenters. The lowest BCUT2D eigenvalue weighted by atomic mass is 10.0. The van der Waals surface area contributed by atoms with Crippen LogP contribution in [-0.2, 0) is 11.3 Å². The molecular formula is C35H46N8O3. The van der Waals surface area contributed by atoms with E-state index in [2.05, 4.69) is 32.2 Å². The highest BCUT2D eigenvalue weighted by molar-refractivity contribution is 5.84. The SMILES string of the molecule is CC(C)(C)OC(=O)N1CCN(C2CCN(c3nc4ccc(C(O)NCCCn5ccnc5)cc4nc3-c3ccccc3)CC2)CC1. The summed E-state index contributed by atoms with van der Waals surface area (Å²) in [6, 6.07) is 16.5. The third-order valence-electron chi connectivity index (χ3n) is 8.77. The van der Waals surface area contributed by atoms with Crippen molar-refractivity contribution in [1.82, 2.24) is 34.6 Å². The van der Waals surface area contributed by atoms with E-state index in [9.17, 15) is 9.90 Å². The van der Waals surface area contributed by atoms with Crippen LogP contribution in [0.2, 0.25) is 0 Å². The zero-order chi connectivity index (χ0) is 32.1. The fraction of sp³-hybridized carbons (Fsp3) is 0.486. The maximum absolute atomic E-state index is 12.5. The number of aliphatic hydroxyl groups is 1. The van der Waals surface area contributed by atoms with Crippen LogP contribution in [0.1, 0.15) is 51.8 Å². The van der Waals surface area contributed by atoms with Crippen molar-refractivity contribution >= 4 is 22.9 Å². The molecule has 0 radical (unpaired) electrons. The fourth-order valence-electron chi connectivity index (χ4n) is 6.32. The normalized spacial score (nSPS) is 17.4. The number of aromatic nitrogens is 4. The lowest BCUT2D eigenvalue weighted by Gasteiger charge is -2.43. The van der Waals surface area contributed by atoms with Crippen LogP contribution in [0, 0.1) is 0 Å². The molecule has 6 rings (SSSR count). The number of imidazole rings is 1. The highest BCUT2D eigenvalue weighted by Crippen LogP contribution is 2.33. The first-order chi connectivity index (χ1) is 22.2. The standard InChI is InChI=1S/C35H46N8O3/c1-35(2,3)46-34(45)43-22-20-41(21-23-43)28-12-17-42(18-13-28)32-31(26-8-5-4-6-9-26)38-30-24-27(10-11-29(30)39-32)33(44)37-14-7-16-40-19-15-36-25-40/h4-6,8-11,15,19,24-25,28,33,37,44H,7,12-14,16-18,20-23H2,1-3H3. The van der Waals surface area contributed by atoms with E-state index in [1.807, 2.05) is 72.8 Å². The van der Waals surface area contributed by atoms with Crippen LogP contribution in [0.4, 0.5) is 10.6 Å². The first kappa shape index (κ1) is 31.9. The van der Waals surface area contributed by atoms with Crippen LogP contribution >= 0.6 is 0 Å². The molecule has 11 nitrogen and oxygen atoms in total. The molecule has 244 valence electrons. The van der Waals surface area contributed by atoms with Crippen LogP contribution in [0.5, 0.6) is 0 Å². The van der Waals surface area contributed by atoms with Crippen molar-refractivity contribution in [2.45, 2.75) is 64.4 Å². The summed E-state index contributed by atoms with van der Waals surface area (Å²) in [6.07, 6.45) is 7.43. The van der Waals surface area contributed by atoms with Gasteiger partial charge in [-0.05, 0) is 64.3 Å². The van der Waals surface area contributed by atoms with Gasteiger partial charge < -0.3 is 24.2 Å². The predicted molar refractivity (Wildman–Crippen MR) is 179 cm³/mol. The summed E-state index contributed by atoms with van der Waals surface area (Å²) in [6.45, 7) is 12.1. The predicted octanol–water partition coefficient (Wildman–Crippen LogP) is 4.69. The van der Waals surface area contributed by atoms with Crippen molar-refractivity contribution in [3.63, 3.8) is 0 Å². The number of anilines is 1. The fourth-order valence-corrected chi connectivity index (χ4v) is 6.32. The highest BCUT2D eigenvalue weighted by Gasteiger charge is 2.32. The molecule has 4 aromatic rings. The van der Waals surface area contributed by atoms with E-state index in [4.69, 9.17) is 14.7 Å². The van der Waals surface area contributed by atoms with Gasteiger partial charge in [0, 0.05) is 69.8 Å². The van der Waals surface area contributed by atoms with Crippen molar-refractivity contribution in [2.75, 3.05) is 50.7 Å². The second-order valence-corrected chi connectivity index (χ2v) is 13.2. The van der Waals surface area contributed by atoms with Gasteiger partial charge in [0.2, 0.25) is 0 Å². The minimum Gasteiger partial charge on any atom is -0.444 e. The highest BCUT2D eigenvalue weighted by atomic mass is 16.6. The number of carbonyl (C=O) groups excluding carboxylic acids is 1. The van der Waals surface area contributed by atoms with E-state index in [0.717, 1.165) is 85.7 Å². The number of rotatable bonds is 9. The minimum atomic E-state index is -0.793. The van der Waals surface area contributed by atoms with Gasteiger partial charge in [-0.25, -0.2) is 19.7 Å². The topological polar surface area (TPSA) is 112 Å². The number of carbonyl (C=O) groups is 1. The number of piperazine rings is 1. The van der Waals surface area contributed by atoms with Crippen LogP contribution < -0.4 is 10.2 Å². The molecule has 2 aromatic carbocycles. The van der Waals surface area contributed by atoms with Gasteiger partial charge >= 0.3 is 6.09 Å². The molecule has 11 heteroatoms. The third kappa shape index (κ3) is 7.83. The molecule has 1 amide bonds. The Morgan fingerprint density at radius 3 is 2.46 bits per heavy atom. The number of aliphatic hydroxyl groups excluding tert-OH is 1. The molecule has 2 N–H and O–H groups in total. The first-order valence-corrected chi connectivity index (χ1v) is 16.4. The summed E-state index contributed by atoms with van der Waals surface area (Å²) in [7, 11) is 0. The lowest BCUT2D eigenvalue weighted by molar-refractivity contribution is 0.00901. The Morgan fingerprint density at radius 1 is 1.00 bits per heavy atom.